The van der Waals surface area contributed by atoms with Gasteiger partial charge in [-0.25, -0.2) is 4.98 Å². The van der Waals surface area contributed by atoms with Crippen molar-refractivity contribution in [2.45, 2.75) is 19.3 Å². The van der Waals surface area contributed by atoms with E-state index in [9.17, 15) is 4.79 Å². The van der Waals surface area contributed by atoms with E-state index < -0.39 is 0 Å². The Morgan fingerprint density at radius 3 is 2.67 bits per heavy atom. The van der Waals surface area contributed by atoms with Gasteiger partial charge in [0.2, 0.25) is 5.88 Å². The molecule has 1 aromatic heterocycles. The fourth-order valence-corrected chi connectivity index (χ4v) is 3.02. The Bertz CT molecular complexity index is 713. The summed E-state index contributed by atoms with van der Waals surface area (Å²) in [6, 6.07) is 8.97. The Balaban J connectivity index is 1.82. The van der Waals surface area contributed by atoms with Crippen LogP contribution < -0.4 is 15.0 Å². The monoisotopic (exact) mass is 345 g/mol. The highest BCUT2D eigenvalue weighted by Gasteiger charge is 2.17. The highest BCUT2D eigenvalue weighted by molar-refractivity contribution is 6.31. The second-order valence-corrected chi connectivity index (χ2v) is 6.19. The second-order valence-electron chi connectivity index (χ2n) is 5.75. The molecule has 6 heteroatoms. The Hall–Kier alpha value is -2.27. The van der Waals surface area contributed by atoms with Gasteiger partial charge in [-0.05, 0) is 43.5 Å². The molecule has 0 spiro atoms. The van der Waals surface area contributed by atoms with Crippen molar-refractivity contribution in [3.8, 4) is 5.88 Å². The molecule has 3 rings (SSSR count). The number of carbonyl (C=O) groups excluding carboxylic acids is 1. The number of carbonyl (C=O) groups is 1. The van der Waals surface area contributed by atoms with E-state index in [1.54, 1.807) is 25.3 Å². The minimum Gasteiger partial charge on any atom is -0.481 e. The number of aromatic nitrogens is 1. The van der Waals surface area contributed by atoms with Crippen molar-refractivity contribution in [1.29, 1.82) is 0 Å². The van der Waals surface area contributed by atoms with E-state index in [0.717, 1.165) is 24.5 Å². The summed E-state index contributed by atoms with van der Waals surface area (Å²) in [5.41, 5.74) is 2.21. The molecule has 0 atom stereocenters. The molecule has 1 N–H and O–H groups in total. The molecule has 1 amide bonds. The third kappa shape index (κ3) is 3.79. The molecule has 1 aliphatic heterocycles. The number of ether oxygens (including phenoxy) is 1. The number of pyridine rings is 1. The highest BCUT2D eigenvalue weighted by Crippen LogP contribution is 2.31. The molecule has 1 fully saturated rings. The Kier molecular flexibility index (Phi) is 5.20. The lowest BCUT2D eigenvalue weighted by molar-refractivity contribution is 0.102. The van der Waals surface area contributed by atoms with Crippen LogP contribution in [0.4, 0.5) is 11.4 Å². The van der Waals surface area contributed by atoms with Crippen LogP contribution in [0, 0.1) is 0 Å². The average Bonchev–Trinajstić information content (AvgIpc) is 2.62. The Morgan fingerprint density at radius 2 is 2.00 bits per heavy atom. The number of rotatable bonds is 4. The predicted octanol–water partition coefficient (Wildman–Crippen LogP) is 3.99. The number of hydrogen-bond acceptors (Lipinski definition) is 4. The quantitative estimate of drug-likeness (QED) is 0.910. The molecule has 24 heavy (non-hydrogen) atoms. The van der Waals surface area contributed by atoms with Gasteiger partial charge in [0.05, 0.1) is 24.0 Å². The lowest BCUT2D eigenvalue weighted by atomic mass is 10.1. The molecular formula is C18H20ClN3O2. The first-order valence-electron chi connectivity index (χ1n) is 8.03. The molecular weight excluding hydrogens is 326 g/mol. The van der Waals surface area contributed by atoms with Gasteiger partial charge in [-0.2, -0.15) is 0 Å². The molecule has 0 radical (unpaired) electrons. The number of anilines is 2. The van der Waals surface area contributed by atoms with Gasteiger partial charge < -0.3 is 15.0 Å². The summed E-state index contributed by atoms with van der Waals surface area (Å²) in [5.74, 6) is 0.258. The summed E-state index contributed by atoms with van der Waals surface area (Å²) in [5, 5.41) is 3.55. The third-order valence-corrected chi connectivity index (χ3v) is 4.35. The minimum atomic E-state index is -0.217. The Morgan fingerprint density at radius 1 is 1.21 bits per heavy atom. The van der Waals surface area contributed by atoms with E-state index in [1.165, 1.54) is 25.5 Å². The number of piperidine rings is 1. The topological polar surface area (TPSA) is 54.5 Å². The zero-order valence-electron chi connectivity index (χ0n) is 13.6. The van der Waals surface area contributed by atoms with Gasteiger partial charge in [0, 0.05) is 30.4 Å². The molecule has 1 saturated heterocycles. The van der Waals surface area contributed by atoms with Crippen LogP contribution in [-0.4, -0.2) is 31.1 Å². The van der Waals surface area contributed by atoms with Crippen LogP contribution in [0.15, 0.2) is 36.5 Å². The SMILES string of the molecule is COc1ccc(C(=O)Nc2cc(Cl)ccc2N2CCCCC2)cn1. The van der Waals surface area contributed by atoms with E-state index >= 15 is 0 Å². The molecule has 1 aromatic carbocycles. The summed E-state index contributed by atoms with van der Waals surface area (Å²) in [6.45, 7) is 1.99. The van der Waals surface area contributed by atoms with E-state index in [-0.39, 0.29) is 5.91 Å². The summed E-state index contributed by atoms with van der Waals surface area (Å²) >= 11 is 6.13. The molecule has 0 saturated carbocycles. The van der Waals surface area contributed by atoms with Gasteiger partial charge in [0.1, 0.15) is 0 Å². The van der Waals surface area contributed by atoms with Crippen LogP contribution >= 0.6 is 11.6 Å². The first-order valence-corrected chi connectivity index (χ1v) is 8.41. The minimum absolute atomic E-state index is 0.217. The first-order chi connectivity index (χ1) is 11.7. The smallest absolute Gasteiger partial charge is 0.257 e. The lowest BCUT2D eigenvalue weighted by Gasteiger charge is -2.30. The first kappa shape index (κ1) is 16.6. The highest BCUT2D eigenvalue weighted by atomic mass is 35.5. The Labute approximate surface area is 146 Å². The molecule has 126 valence electrons. The number of benzene rings is 1. The molecule has 1 aliphatic rings. The molecule has 0 aliphatic carbocycles. The van der Waals surface area contributed by atoms with Crippen LogP contribution in [0.1, 0.15) is 29.6 Å². The van der Waals surface area contributed by atoms with E-state index in [1.807, 2.05) is 12.1 Å². The molecule has 5 nitrogen and oxygen atoms in total. The molecule has 0 unspecified atom stereocenters. The van der Waals surface area contributed by atoms with Crippen LogP contribution in [0.3, 0.4) is 0 Å². The maximum Gasteiger partial charge on any atom is 0.257 e. The van der Waals surface area contributed by atoms with E-state index in [0.29, 0.717) is 16.5 Å². The summed E-state index contributed by atoms with van der Waals surface area (Å²) in [7, 11) is 1.54. The number of amides is 1. The fourth-order valence-electron chi connectivity index (χ4n) is 2.85. The molecule has 0 bridgehead atoms. The standard InChI is InChI=1S/C18H20ClN3O2/c1-24-17-8-5-13(12-20-17)18(23)21-15-11-14(19)6-7-16(15)22-9-3-2-4-10-22/h5-8,11-12H,2-4,9-10H2,1H3,(H,21,23). The third-order valence-electron chi connectivity index (χ3n) is 4.11. The zero-order chi connectivity index (χ0) is 16.9. The predicted molar refractivity (Wildman–Crippen MR) is 96.3 cm³/mol. The maximum atomic E-state index is 12.5. The summed E-state index contributed by atoms with van der Waals surface area (Å²) < 4.78 is 5.01. The van der Waals surface area contributed by atoms with Crippen molar-refractivity contribution in [2.24, 2.45) is 0 Å². The van der Waals surface area contributed by atoms with Gasteiger partial charge in [-0.3, -0.25) is 4.79 Å². The van der Waals surface area contributed by atoms with Gasteiger partial charge in [-0.15, -0.1) is 0 Å². The normalized spacial score (nSPS) is 14.3. The summed E-state index contributed by atoms with van der Waals surface area (Å²) in [6.07, 6.45) is 5.08. The van der Waals surface area contributed by atoms with Crippen molar-refractivity contribution < 1.29 is 9.53 Å². The van der Waals surface area contributed by atoms with Gasteiger partial charge >= 0.3 is 0 Å². The summed E-state index contributed by atoms with van der Waals surface area (Å²) in [4.78, 5) is 18.9. The van der Waals surface area contributed by atoms with Crippen molar-refractivity contribution in [3.05, 3.63) is 47.1 Å². The van der Waals surface area contributed by atoms with Crippen LogP contribution in [0.2, 0.25) is 5.02 Å². The fraction of sp³-hybridized carbons (Fsp3) is 0.333. The van der Waals surface area contributed by atoms with E-state index in [4.69, 9.17) is 16.3 Å². The van der Waals surface area contributed by atoms with Crippen molar-refractivity contribution in [3.63, 3.8) is 0 Å². The van der Waals surface area contributed by atoms with Crippen LogP contribution in [0.5, 0.6) is 5.88 Å². The molecule has 2 heterocycles. The number of methoxy groups -OCH3 is 1. The van der Waals surface area contributed by atoms with Gasteiger partial charge in [0.15, 0.2) is 0 Å². The second kappa shape index (κ2) is 7.53. The van der Waals surface area contributed by atoms with Gasteiger partial charge in [0.25, 0.3) is 5.91 Å². The maximum absolute atomic E-state index is 12.5. The average molecular weight is 346 g/mol. The number of halogens is 1. The van der Waals surface area contributed by atoms with Crippen LogP contribution in [0.25, 0.3) is 0 Å². The number of nitrogens with one attached hydrogen (secondary N) is 1. The number of hydrogen-bond donors (Lipinski definition) is 1. The van der Waals surface area contributed by atoms with Crippen molar-refractivity contribution in [1.82, 2.24) is 4.98 Å². The van der Waals surface area contributed by atoms with Gasteiger partial charge in [-0.1, -0.05) is 11.6 Å². The lowest BCUT2D eigenvalue weighted by Crippen LogP contribution is -2.30. The van der Waals surface area contributed by atoms with Crippen molar-refractivity contribution in [2.75, 3.05) is 30.4 Å². The van der Waals surface area contributed by atoms with E-state index in [2.05, 4.69) is 15.2 Å². The molecule has 2 aromatic rings. The zero-order valence-corrected chi connectivity index (χ0v) is 14.3. The number of nitrogens with zero attached hydrogens (tertiary/aromatic N) is 2. The van der Waals surface area contributed by atoms with Crippen LogP contribution in [-0.2, 0) is 0 Å². The van der Waals surface area contributed by atoms with Crippen molar-refractivity contribution >= 4 is 28.9 Å². The largest absolute Gasteiger partial charge is 0.481 e.